The number of nitrogens with two attached hydrogens (primary N) is 1. The third-order valence-electron chi connectivity index (χ3n) is 3.11. The van der Waals surface area contributed by atoms with E-state index in [-0.39, 0.29) is 5.91 Å². The monoisotopic (exact) mass is 316 g/mol. The topological polar surface area (TPSA) is 64.3 Å². The molecule has 0 spiro atoms. The Balaban J connectivity index is 1.82. The molecule has 3 N–H and O–H groups in total. The number of benzene rings is 2. The largest absolute Gasteiger partial charge is 0.495 e. The zero-order chi connectivity index (χ0) is 15.8. The van der Waals surface area contributed by atoms with Gasteiger partial charge in [-0.3, -0.25) is 4.79 Å². The van der Waals surface area contributed by atoms with Crippen molar-refractivity contribution in [1.82, 2.24) is 0 Å². The minimum atomic E-state index is -0.0375. The van der Waals surface area contributed by atoms with Crippen LogP contribution in [0.2, 0.25) is 0 Å². The summed E-state index contributed by atoms with van der Waals surface area (Å²) in [5.74, 6) is 1.80. The van der Waals surface area contributed by atoms with Gasteiger partial charge in [-0.05, 0) is 23.3 Å². The summed E-state index contributed by atoms with van der Waals surface area (Å²) in [4.78, 5) is 12.0. The van der Waals surface area contributed by atoms with Gasteiger partial charge in [0.2, 0.25) is 5.91 Å². The molecule has 0 aliphatic heterocycles. The van der Waals surface area contributed by atoms with Crippen LogP contribution in [0.15, 0.2) is 48.5 Å². The first-order valence-corrected chi connectivity index (χ1v) is 8.17. The Labute approximate surface area is 135 Å². The first-order chi connectivity index (χ1) is 10.7. The van der Waals surface area contributed by atoms with Crippen LogP contribution in [0.4, 0.5) is 5.69 Å². The lowest BCUT2D eigenvalue weighted by Crippen LogP contribution is -2.14. The summed E-state index contributed by atoms with van der Waals surface area (Å²) < 4.78 is 5.21. The van der Waals surface area contributed by atoms with Crippen LogP contribution in [0.1, 0.15) is 11.1 Å². The maximum atomic E-state index is 12.0. The van der Waals surface area contributed by atoms with Crippen molar-refractivity contribution in [1.29, 1.82) is 0 Å². The number of methoxy groups -OCH3 is 1. The number of anilines is 1. The molecule has 2 rings (SSSR count). The van der Waals surface area contributed by atoms with Crippen molar-refractivity contribution in [2.75, 3.05) is 18.2 Å². The third kappa shape index (κ3) is 4.79. The lowest BCUT2D eigenvalue weighted by atomic mass is 10.1. The Kier molecular flexibility index (Phi) is 6.30. The maximum Gasteiger partial charge on any atom is 0.234 e. The van der Waals surface area contributed by atoms with E-state index >= 15 is 0 Å². The van der Waals surface area contributed by atoms with E-state index in [1.54, 1.807) is 18.9 Å². The van der Waals surface area contributed by atoms with E-state index in [0.29, 0.717) is 23.7 Å². The average Bonchev–Trinajstić information content (AvgIpc) is 2.55. The molecule has 0 heterocycles. The summed E-state index contributed by atoms with van der Waals surface area (Å²) in [6, 6.07) is 15.5. The van der Waals surface area contributed by atoms with Gasteiger partial charge in [0, 0.05) is 12.3 Å². The number of nitrogens with one attached hydrogen (secondary N) is 1. The molecule has 0 aromatic heterocycles. The van der Waals surface area contributed by atoms with Crippen LogP contribution in [-0.2, 0) is 17.1 Å². The molecule has 0 saturated carbocycles. The number of ether oxygens (including phenoxy) is 1. The first-order valence-electron chi connectivity index (χ1n) is 7.01. The van der Waals surface area contributed by atoms with Crippen LogP contribution in [0, 0.1) is 0 Å². The first kappa shape index (κ1) is 16.4. The summed E-state index contributed by atoms with van der Waals surface area (Å²) in [6.45, 7) is 0.535. The summed E-state index contributed by atoms with van der Waals surface area (Å²) in [7, 11) is 1.59. The van der Waals surface area contributed by atoms with Crippen LogP contribution >= 0.6 is 11.8 Å². The van der Waals surface area contributed by atoms with Crippen LogP contribution in [0.5, 0.6) is 5.75 Å². The summed E-state index contributed by atoms with van der Waals surface area (Å²) >= 11 is 1.57. The minimum absolute atomic E-state index is 0.0375. The molecule has 0 atom stereocenters. The SMILES string of the molecule is COc1ccccc1NC(=O)CSCc1cccc(CN)c1. The van der Waals surface area contributed by atoms with Crippen LogP contribution in [-0.4, -0.2) is 18.8 Å². The fraction of sp³-hybridized carbons (Fsp3) is 0.235. The molecule has 2 aromatic rings. The molecule has 0 unspecified atom stereocenters. The Morgan fingerprint density at radius 2 is 1.95 bits per heavy atom. The molecular formula is C17H20N2O2S. The van der Waals surface area contributed by atoms with Crippen molar-refractivity contribution < 1.29 is 9.53 Å². The molecule has 0 fully saturated rings. The van der Waals surface area contributed by atoms with Gasteiger partial charge >= 0.3 is 0 Å². The summed E-state index contributed by atoms with van der Waals surface area (Å²) in [5, 5.41) is 2.87. The van der Waals surface area contributed by atoms with Crippen LogP contribution in [0.25, 0.3) is 0 Å². The van der Waals surface area contributed by atoms with E-state index in [0.717, 1.165) is 11.3 Å². The average molecular weight is 316 g/mol. The predicted molar refractivity (Wildman–Crippen MR) is 92.1 cm³/mol. The molecule has 0 aliphatic rings. The number of thioether (sulfide) groups is 1. The van der Waals surface area contributed by atoms with Crippen molar-refractivity contribution in [3.8, 4) is 5.75 Å². The summed E-state index contributed by atoms with van der Waals surface area (Å²) in [6.07, 6.45) is 0. The van der Waals surface area contributed by atoms with Crippen molar-refractivity contribution in [3.05, 3.63) is 59.7 Å². The molecule has 4 nitrogen and oxygen atoms in total. The van der Waals surface area contributed by atoms with Crippen molar-refractivity contribution >= 4 is 23.4 Å². The van der Waals surface area contributed by atoms with Gasteiger partial charge in [-0.25, -0.2) is 0 Å². The number of amides is 1. The quantitative estimate of drug-likeness (QED) is 0.824. The van der Waals surface area contributed by atoms with E-state index in [4.69, 9.17) is 10.5 Å². The fourth-order valence-electron chi connectivity index (χ4n) is 2.04. The second-order valence-corrected chi connectivity index (χ2v) is 5.75. The van der Waals surface area contributed by atoms with E-state index in [1.165, 1.54) is 5.56 Å². The molecule has 0 radical (unpaired) electrons. The Hall–Kier alpha value is -1.98. The lowest BCUT2D eigenvalue weighted by Gasteiger charge is -2.09. The molecule has 1 amide bonds. The van der Waals surface area contributed by atoms with Gasteiger partial charge in [0.1, 0.15) is 5.75 Å². The highest BCUT2D eigenvalue weighted by molar-refractivity contribution is 7.99. The number of hydrogen-bond donors (Lipinski definition) is 2. The van der Waals surface area contributed by atoms with Gasteiger partial charge in [-0.15, -0.1) is 11.8 Å². The fourth-order valence-corrected chi connectivity index (χ4v) is 2.82. The van der Waals surface area contributed by atoms with Gasteiger partial charge in [-0.2, -0.15) is 0 Å². The number of hydrogen-bond acceptors (Lipinski definition) is 4. The molecule has 0 saturated heterocycles. The normalized spacial score (nSPS) is 10.3. The van der Waals surface area contributed by atoms with Crippen molar-refractivity contribution in [2.45, 2.75) is 12.3 Å². The molecule has 116 valence electrons. The third-order valence-corrected chi connectivity index (χ3v) is 4.11. The predicted octanol–water partition coefficient (Wildman–Crippen LogP) is 3.03. The standard InChI is InChI=1S/C17H20N2O2S/c1-21-16-8-3-2-7-15(16)19-17(20)12-22-11-14-6-4-5-13(9-14)10-18/h2-9H,10-12,18H2,1H3,(H,19,20). The number of carbonyl (C=O) groups excluding carboxylic acids is 1. The highest BCUT2D eigenvalue weighted by Gasteiger charge is 2.07. The van der Waals surface area contributed by atoms with Crippen LogP contribution in [0.3, 0.4) is 0 Å². The second kappa shape index (κ2) is 8.46. The Morgan fingerprint density at radius 3 is 2.73 bits per heavy atom. The molecule has 22 heavy (non-hydrogen) atoms. The van der Waals surface area contributed by atoms with E-state index < -0.39 is 0 Å². The van der Waals surface area contributed by atoms with E-state index in [2.05, 4.69) is 11.4 Å². The smallest absolute Gasteiger partial charge is 0.234 e. The molecular weight excluding hydrogens is 296 g/mol. The number of para-hydroxylation sites is 2. The van der Waals surface area contributed by atoms with E-state index in [9.17, 15) is 4.79 Å². The van der Waals surface area contributed by atoms with Gasteiger partial charge in [0.05, 0.1) is 18.6 Å². The Bertz CT molecular complexity index is 632. The highest BCUT2D eigenvalue weighted by Crippen LogP contribution is 2.23. The van der Waals surface area contributed by atoms with Crippen molar-refractivity contribution in [3.63, 3.8) is 0 Å². The van der Waals surface area contributed by atoms with E-state index in [1.807, 2.05) is 42.5 Å². The zero-order valence-corrected chi connectivity index (χ0v) is 13.4. The zero-order valence-electron chi connectivity index (χ0n) is 12.5. The number of carbonyl (C=O) groups is 1. The van der Waals surface area contributed by atoms with Crippen LogP contribution < -0.4 is 15.8 Å². The maximum absolute atomic E-state index is 12.0. The molecule has 0 bridgehead atoms. The molecule has 5 heteroatoms. The number of rotatable bonds is 7. The van der Waals surface area contributed by atoms with Gasteiger partial charge in [-0.1, -0.05) is 36.4 Å². The molecule has 0 aliphatic carbocycles. The van der Waals surface area contributed by atoms with Crippen molar-refractivity contribution in [2.24, 2.45) is 5.73 Å². The lowest BCUT2D eigenvalue weighted by molar-refractivity contribution is -0.113. The molecule has 2 aromatic carbocycles. The van der Waals surface area contributed by atoms with Gasteiger partial charge in [0.15, 0.2) is 0 Å². The summed E-state index contributed by atoms with van der Waals surface area (Å²) in [5.41, 5.74) is 8.61. The Morgan fingerprint density at radius 1 is 1.18 bits per heavy atom. The van der Waals surface area contributed by atoms with Gasteiger partial charge in [0.25, 0.3) is 0 Å². The minimum Gasteiger partial charge on any atom is -0.495 e. The van der Waals surface area contributed by atoms with Gasteiger partial charge < -0.3 is 15.8 Å². The second-order valence-electron chi connectivity index (χ2n) is 4.77. The highest BCUT2D eigenvalue weighted by atomic mass is 32.2.